The van der Waals surface area contributed by atoms with Crippen LogP contribution >= 0.6 is 34.8 Å². The highest BCUT2D eigenvalue weighted by Gasteiger charge is 2.32. The van der Waals surface area contributed by atoms with Gasteiger partial charge in [-0.3, -0.25) is 13.9 Å². The van der Waals surface area contributed by atoms with Gasteiger partial charge >= 0.3 is 0 Å². The first-order valence-electron chi connectivity index (χ1n) is 12.8. The van der Waals surface area contributed by atoms with Gasteiger partial charge in [-0.15, -0.1) is 0 Å². The van der Waals surface area contributed by atoms with Crippen molar-refractivity contribution in [3.63, 3.8) is 0 Å². The van der Waals surface area contributed by atoms with Gasteiger partial charge in [-0.2, -0.15) is 0 Å². The number of methoxy groups -OCH3 is 1. The monoisotopic (exact) mass is 639 g/mol. The second-order valence-electron chi connectivity index (χ2n) is 9.75. The summed E-state index contributed by atoms with van der Waals surface area (Å²) >= 11 is 18.3. The summed E-state index contributed by atoms with van der Waals surface area (Å²) in [4.78, 5) is 28.3. The lowest BCUT2D eigenvalue weighted by Crippen LogP contribution is -2.51. The van der Waals surface area contributed by atoms with Crippen molar-refractivity contribution in [3.8, 4) is 5.75 Å². The van der Waals surface area contributed by atoms with Gasteiger partial charge in [0, 0.05) is 18.1 Å². The van der Waals surface area contributed by atoms with E-state index in [9.17, 15) is 18.0 Å². The Balaban J connectivity index is 2.02. The molecule has 12 heteroatoms. The molecule has 2 amide bonds. The summed E-state index contributed by atoms with van der Waals surface area (Å²) in [5.74, 6) is -0.300. The summed E-state index contributed by atoms with van der Waals surface area (Å²) < 4.78 is 33.9. The number of carbonyl (C=O) groups is 2. The van der Waals surface area contributed by atoms with E-state index in [2.05, 4.69) is 5.32 Å². The van der Waals surface area contributed by atoms with E-state index in [0.717, 1.165) is 4.31 Å². The molecule has 0 aromatic heterocycles. The quantitative estimate of drug-likeness (QED) is 0.261. The number of ether oxygens (including phenoxy) is 1. The summed E-state index contributed by atoms with van der Waals surface area (Å²) in [7, 11) is -2.75. The Kier molecular flexibility index (Phi) is 11.3. The van der Waals surface area contributed by atoms with Crippen molar-refractivity contribution in [2.75, 3.05) is 24.5 Å². The largest absolute Gasteiger partial charge is 0.497 e. The SMILES string of the molecule is COc1ccc(S(=O)(=O)N(CC(=O)N(Cc2ccc(Cl)c(Cl)c2)[C@@H](C)C(=O)NCC(C)C)c2ccc(Cl)cc2)cc1. The number of anilines is 1. The van der Waals surface area contributed by atoms with Crippen LogP contribution in [0, 0.1) is 5.92 Å². The van der Waals surface area contributed by atoms with Crippen LogP contribution in [0.15, 0.2) is 71.6 Å². The van der Waals surface area contributed by atoms with Crippen LogP contribution in [-0.4, -0.2) is 51.4 Å². The average molecular weight is 641 g/mol. The zero-order valence-corrected chi connectivity index (χ0v) is 26.2. The first-order chi connectivity index (χ1) is 19.3. The molecule has 0 heterocycles. The lowest BCUT2D eigenvalue weighted by molar-refractivity contribution is -0.139. The van der Waals surface area contributed by atoms with Crippen LogP contribution in [0.4, 0.5) is 5.69 Å². The molecule has 0 unspecified atom stereocenters. The van der Waals surface area contributed by atoms with Gasteiger partial charge in [0.1, 0.15) is 18.3 Å². The van der Waals surface area contributed by atoms with Crippen LogP contribution in [-0.2, 0) is 26.2 Å². The van der Waals surface area contributed by atoms with Crippen LogP contribution in [0.5, 0.6) is 5.75 Å². The smallest absolute Gasteiger partial charge is 0.264 e. The minimum Gasteiger partial charge on any atom is -0.497 e. The number of nitrogens with zero attached hydrogens (tertiary/aromatic N) is 2. The predicted octanol–water partition coefficient (Wildman–Crippen LogP) is 6.04. The van der Waals surface area contributed by atoms with Crippen molar-refractivity contribution in [1.82, 2.24) is 10.2 Å². The van der Waals surface area contributed by atoms with Crippen molar-refractivity contribution < 1.29 is 22.7 Å². The van der Waals surface area contributed by atoms with Gasteiger partial charge in [0.05, 0.1) is 27.7 Å². The van der Waals surface area contributed by atoms with E-state index < -0.39 is 28.5 Å². The fourth-order valence-electron chi connectivity index (χ4n) is 3.88. The van der Waals surface area contributed by atoms with Crippen LogP contribution in [0.3, 0.4) is 0 Å². The molecule has 0 radical (unpaired) electrons. The Morgan fingerprint density at radius 1 is 0.902 bits per heavy atom. The van der Waals surface area contributed by atoms with E-state index in [1.807, 2.05) is 13.8 Å². The number of sulfonamides is 1. The number of carbonyl (C=O) groups excluding carboxylic acids is 2. The first-order valence-corrected chi connectivity index (χ1v) is 15.3. The molecular weight excluding hydrogens is 609 g/mol. The average Bonchev–Trinajstić information content (AvgIpc) is 2.95. The van der Waals surface area contributed by atoms with Crippen molar-refractivity contribution in [2.45, 2.75) is 38.3 Å². The van der Waals surface area contributed by atoms with E-state index in [1.54, 1.807) is 25.1 Å². The fraction of sp³-hybridized carbons (Fsp3) is 0.310. The molecule has 1 N–H and O–H groups in total. The van der Waals surface area contributed by atoms with Crippen LogP contribution in [0.2, 0.25) is 15.1 Å². The Hall–Kier alpha value is -2.98. The number of halogens is 3. The third-order valence-electron chi connectivity index (χ3n) is 6.23. The Labute approximate surface area is 256 Å². The molecule has 3 rings (SSSR count). The maximum Gasteiger partial charge on any atom is 0.264 e. The second kappa shape index (κ2) is 14.3. The molecule has 0 aliphatic rings. The van der Waals surface area contributed by atoms with Crippen LogP contribution < -0.4 is 14.4 Å². The molecule has 41 heavy (non-hydrogen) atoms. The van der Waals surface area contributed by atoms with E-state index in [-0.39, 0.29) is 29.0 Å². The molecule has 0 bridgehead atoms. The molecule has 0 saturated carbocycles. The molecule has 0 aliphatic heterocycles. The van der Waals surface area contributed by atoms with E-state index in [4.69, 9.17) is 39.5 Å². The fourth-order valence-corrected chi connectivity index (χ4v) is 5.74. The number of nitrogens with one attached hydrogen (secondary N) is 1. The number of rotatable bonds is 12. The molecule has 0 aliphatic carbocycles. The van der Waals surface area contributed by atoms with Gasteiger partial charge in [-0.05, 0) is 79.1 Å². The molecule has 3 aromatic rings. The number of hydrogen-bond acceptors (Lipinski definition) is 5. The highest BCUT2D eigenvalue weighted by Crippen LogP contribution is 2.28. The first kappa shape index (κ1) is 32.5. The number of hydrogen-bond donors (Lipinski definition) is 1. The van der Waals surface area contributed by atoms with Gasteiger partial charge in [-0.1, -0.05) is 54.7 Å². The maximum atomic E-state index is 13.9. The maximum absolute atomic E-state index is 13.9. The summed E-state index contributed by atoms with van der Waals surface area (Å²) in [6.07, 6.45) is 0. The molecule has 3 aromatic carbocycles. The van der Waals surface area contributed by atoms with Gasteiger partial charge in [0.2, 0.25) is 11.8 Å². The predicted molar refractivity (Wildman–Crippen MR) is 163 cm³/mol. The molecule has 8 nitrogen and oxygen atoms in total. The highest BCUT2D eigenvalue weighted by molar-refractivity contribution is 7.92. The normalized spacial score (nSPS) is 12.1. The van der Waals surface area contributed by atoms with Crippen molar-refractivity contribution in [3.05, 3.63) is 87.4 Å². The molecule has 1 atom stereocenters. The Bertz CT molecular complexity index is 1470. The third kappa shape index (κ3) is 8.52. The summed E-state index contributed by atoms with van der Waals surface area (Å²) in [6.45, 7) is 5.33. The topological polar surface area (TPSA) is 96.0 Å². The Morgan fingerprint density at radius 2 is 1.54 bits per heavy atom. The lowest BCUT2D eigenvalue weighted by atomic mass is 10.1. The number of amides is 2. The zero-order valence-electron chi connectivity index (χ0n) is 23.1. The van der Waals surface area contributed by atoms with E-state index >= 15 is 0 Å². The molecule has 0 saturated heterocycles. The van der Waals surface area contributed by atoms with Gasteiger partial charge in [0.25, 0.3) is 10.0 Å². The number of benzene rings is 3. The summed E-state index contributed by atoms with van der Waals surface area (Å²) in [5.41, 5.74) is 0.845. The van der Waals surface area contributed by atoms with Gasteiger partial charge < -0.3 is 15.0 Å². The van der Waals surface area contributed by atoms with Crippen LogP contribution in [0.25, 0.3) is 0 Å². The third-order valence-corrected chi connectivity index (χ3v) is 9.01. The van der Waals surface area contributed by atoms with Gasteiger partial charge in [0.15, 0.2) is 0 Å². The van der Waals surface area contributed by atoms with E-state index in [0.29, 0.717) is 32.9 Å². The zero-order chi connectivity index (χ0) is 30.3. The lowest BCUT2D eigenvalue weighted by Gasteiger charge is -2.32. The minimum atomic E-state index is -4.23. The highest BCUT2D eigenvalue weighted by atomic mass is 35.5. The molecule has 0 fully saturated rings. The summed E-state index contributed by atoms with van der Waals surface area (Å²) in [5, 5.41) is 3.88. The van der Waals surface area contributed by atoms with E-state index in [1.165, 1.54) is 60.5 Å². The molecule has 0 spiro atoms. The van der Waals surface area contributed by atoms with Crippen molar-refractivity contribution >= 4 is 62.3 Å². The standard InChI is InChI=1S/C29H32Cl3N3O5S/c1-19(2)16-33-29(37)20(3)34(17-21-5-14-26(31)27(32)15-21)28(36)18-35(23-8-6-22(30)7-9-23)41(38,39)25-12-10-24(40-4)11-13-25/h5-15,19-20H,16-18H2,1-4H3,(H,33,37)/t20-/m0/s1. The Morgan fingerprint density at radius 3 is 2.10 bits per heavy atom. The van der Waals surface area contributed by atoms with Gasteiger partial charge in [-0.25, -0.2) is 8.42 Å². The molecule has 220 valence electrons. The minimum absolute atomic E-state index is 0.0109. The van der Waals surface area contributed by atoms with Crippen molar-refractivity contribution in [1.29, 1.82) is 0 Å². The van der Waals surface area contributed by atoms with Crippen LogP contribution in [0.1, 0.15) is 26.3 Å². The summed E-state index contributed by atoms with van der Waals surface area (Å²) in [6, 6.07) is 15.9. The van der Waals surface area contributed by atoms with Crippen molar-refractivity contribution in [2.24, 2.45) is 5.92 Å². The second-order valence-corrected chi connectivity index (χ2v) is 12.9. The molecular formula is C29H32Cl3N3O5S.